The first kappa shape index (κ1) is 14.7. The maximum atomic E-state index is 11.8. The third-order valence-corrected chi connectivity index (χ3v) is 2.96. The number of amides is 2. The lowest BCUT2D eigenvalue weighted by atomic mass is 10.1. The van der Waals surface area contributed by atoms with Crippen molar-refractivity contribution in [3.63, 3.8) is 0 Å². The molecule has 21 heavy (non-hydrogen) atoms. The zero-order valence-corrected chi connectivity index (χ0v) is 11.8. The van der Waals surface area contributed by atoms with Gasteiger partial charge in [-0.2, -0.15) is 0 Å². The molecule has 3 N–H and O–H groups in total. The van der Waals surface area contributed by atoms with Gasteiger partial charge in [-0.05, 0) is 36.2 Å². The van der Waals surface area contributed by atoms with Crippen LogP contribution in [0.15, 0.2) is 48.5 Å². The van der Waals surface area contributed by atoms with Crippen molar-refractivity contribution in [2.45, 2.75) is 6.42 Å². The summed E-state index contributed by atoms with van der Waals surface area (Å²) < 4.78 is 5.09. The molecule has 5 heteroatoms. The van der Waals surface area contributed by atoms with Crippen LogP contribution in [-0.4, -0.2) is 24.8 Å². The summed E-state index contributed by atoms with van der Waals surface area (Å²) in [7, 11) is 1.58. The topological polar surface area (TPSA) is 70.6 Å². The minimum absolute atomic E-state index is 0.238. The van der Waals surface area contributed by atoms with E-state index in [1.807, 2.05) is 24.3 Å². The summed E-state index contributed by atoms with van der Waals surface area (Å²) in [5.74, 6) is 0.930. The molecule has 2 aromatic carbocycles. The number of anilines is 1. The number of urea groups is 1. The second-order valence-corrected chi connectivity index (χ2v) is 4.53. The summed E-state index contributed by atoms with van der Waals surface area (Å²) in [4.78, 5) is 11.8. The van der Waals surface area contributed by atoms with E-state index in [1.165, 1.54) is 0 Å². The fourth-order valence-electron chi connectivity index (χ4n) is 1.86. The normalized spacial score (nSPS) is 9.95. The summed E-state index contributed by atoms with van der Waals surface area (Å²) in [5.41, 5.74) is 1.73. The van der Waals surface area contributed by atoms with Gasteiger partial charge in [0, 0.05) is 18.3 Å². The number of carbonyl (C=O) groups excluding carboxylic acids is 1. The van der Waals surface area contributed by atoms with E-state index in [9.17, 15) is 9.90 Å². The van der Waals surface area contributed by atoms with E-state index >= 15 is 0 Å². The number of rotatable bonds is 5. The molecule has 0 aromatic heterocycles. The molecule has 5 nitrogen and oxygen atoms in total. The molecule has 0 radical (unpaired) electrons. The number of carbonyl (C=O) groups is 1. The Balaban J connectivity index is 1.78. The van der Waals surface area contributed by atoms with Gasteiger partial charge < -0.3 is 20.5 Å². The third-order valence-electron chi connectivity index (χ3n) is 2.96. The Bertz CT molecular complexity index is 597. The number of benzene rings is 2. The van der Waals surface area contributed by atoms with Gasteiger partial charge in [-0.1, -0.05) is 18.2 Å². The van der Waals surface area contributed by atoms with Gasteiger partial charge >= 0.3 is 6.03 Å². The largest absolute Gasteiger partial charge is 0.508 e. The Morgan fingerprint density at radius 3 is 2.67 bits per heavy atom. The predicted octanol–water partition coefficient (Wildman–Crippen LogP) is 2.77. The number of aromatic hydroxyl groups is 1. The maximum Gasteiger partial charge on any atom is 0.319 e. The number of methoxy groups -OCH3 is 1. The van der Waals surface area contributed by atoms with Crippen LogP contribution in [0.5, 0.6) is 11.5 Å². The first-order valence-electron chi connectivity index (χ1n) is 6.64. The van der Waals surface area contributed by atoms with Crippen LogP contribution in [0, 0.1) is 0 Å². The van der Waals surface area contributed by atoms with E-state index in [1.54, 1.807) is 31.4 Å². The number of ether oxygens (including phenoxy) is 1. The lowest BCUT2D eigenvalue weighted by Crippen LogP contribution is -2.30. The van der Waals surface area contributed by atoms with Crippen molar-refractivity contribution in [2.24, 2.45) is 0 Å². The fraction of sp³-hybridized carbons (Fsp3) is 0.188. The molecule has 0 saturated carbocycles. The van der Waals surface area contributed by atoms with Crippen LogP contribution in [0.3, 0.4) is 0 Å². The molecule has 0 aliphatic carbocycles. The fourth-order valence-corrected chi connectivity index (χ4v) is 1.86. The minimum atomic E-state index is -0.262. The lowest BCUT2D eigenvalue weighted by Gasteiger charge is -2.09. The van der Waals surface area contributed by atoms with E-state index in [0.29, 0.717) is 24.4 Å². The quantitative estimate of drug-likeness (QED) is 0.791. The summed E-state index contributed by atoms with van der Waals surface area (Å²) in [6.07, 6.45) is 0.700. The van der Waals surface area contributed by atoms with Gasteiger partial charge in [-0.3, -0.25) is 0 Å². The van der Waals surface area contributed by atoms with Crippen LogP contribution < -0.4 is 15.4 Å². The van der Waals surface area contributed by atoms with E-state index in [0.717, 1.165) is 5.56 Å². The van der Waals surface area contributed by atoms with Gasteiger partial charge in [0.2, 0.25) is 0 Å². The second-order valence-electron chi connectivity index (χ2n) is 4.53. The van der Waals surface area contributed by atoms with Crippen LogP contribution in [0.2, 0.25) is 0 Å². The SMILES string of the molecule is COc1cccc(NC(=O)NCCc2ccc(O)cc2)c1. The van der Waals surface area contributed by atoms with Crippen molar-refractivity contribution >= 4 is 11.7 Å². The molecule has 2 rings (SSSR count). The Labute approximate surface area is 123 Å². The lowest BCUT2D eigenvalue weighted by molar-refractivity contribution is 0.252. The van der Waals surface area contributed by atoms with Crippen LogP contribution in [-0.2, 0) is 6.42 Å². The summed E-state index contributed by atoms with van der Waals surface area (Å²) in [5, 5.41) is 14.7. The van der Waals surface area contributed by atoms with Crippen molar-refractivity contribution in [1.82, 2.24) is 5.32 Å². The van der Waals surface area contributed by atoms with Crippen molar-refractivity contribution < 1.29 is 14.6 Å². The molecule has 0 spiro atoms. The van der Waals surface area contributed by atoms with Crippen LogP contribution in [0.1, 0.15) is 5.56 Å². The number of phenolic OH excluding ortho intramolecular Hbond substituents is 1. The summed E-state index contributed by atoms with van der Waals surface area (Å²) >= 11 is 0. The molecule has 0 saturated heterocycles. The summed E-state index contributed by atoms with van der Waals surface area (Å²) in [6.45, 7) is 0.514. The molecule has 0 atom stereocenters. The molecule has 0 aliphatic heterocycles. The highest BCUT2D eigenvalue weighted by Gasteiger charge is 2.02. The number of nitrogens with one attached hydrogen (secondary N) is 2. The summed E-state index contributed by atoms with van der Waals surface area (Å²) in [6, 6.07) is 13.8. The first-order chi connectivity index (χ1) is 10.2. The smallest absolute Gasteiger partial charge is 0.319 e. The highest BCUT2D eigenvalue weighted by Crippen LogP contribution is 2.16. The standard InChI is InChI=1S/C16H18N2O3/c1-21-15-4-2-3-13(11-15)18-16(20)17-10-9-12-5-7-14(19)8-6-12/h2-8,11,19H,9-10H2,1H3,(H2,17,18,20). The van der Waals surface area contributed by atoms with Gasteiger partial charge in [0.05, 0.1) is 7.11 Å². The number of hydrogen-bond acceptors (Lipinski definition) is 3. The van der Waals surface area contributed by atoms with Gasteiger partial charge in [-0.25, -0.2) is 4.79 Å². The zero-order chi connectivity index (χ0) is 15.1. The van der Waals surface area contributed by atoms with Gasteiger partial charge in [0.25, 0.3) is 0 Å². The van der Waals surface area contributed by atoms with E-state index in [4.69, 9.17) is 4.74 Å². The molecule has 0 heterocycles. The Kier molecular flexibility index (Phi) is 5.04. The third kappa shape index (κ3) is 4.72. The average molecular weight is 286 g/mol. The average Bonchev–Trinajstić information content (AvgIpc) is 2.49. The van der Waals surface area contributed by atoms with E-state index in [2.05, 4.69) is 10.6 Å². The van der Waals surface area contributed by atoms with Crippen molar-refractivity contribution in [3.8, 4) is 11.5 Å². The van der Waals surface area contributed by atoms with Crippen LogP contribution in [0.25, 0.3) is 0 Å². The van der Waals surface area contributed by atoms with E-state index in [-0.39, 0.29) is 11.8 Å². The Morgan fingerprint density at radius 2 is 1.95 bits per heavy atom. The molecular weight excluding hydrogens is 268 g/mol. The number of phenols is 1. The van der Waals surface area contributed by atoms with Crippen molar-refractivity contribution in [1.29, 1.82) is 0 Å². The second kappa shape index (κ2) is 7.19. The first-order valence-corrected chi connectivity index (χ1v) is 6.64. The highest BCUT2D eigenvalue weighted by molar-refractivity contribution is 5.89. The molecule has 2 aromatic rings. The molecule has 0 aliphatic rings. The molecule has 0 bridgehead atoms. The van der Waals surface area contributed by atoms with Crippen LogP contribution >= 0.6 is 0 Å². The maximum absolute atomic E-state index is 11.8. The molecule has 110 valence electrons. The molecule has 0 unspecified atom stereocenters. The predicted molar refractivity (Wildman–Crippen MR) is 81.8 cm³/mol. The van der Waals surface area contributed by atoms with Gasteiger partial charge in [0.1, 0.15) is 11.5 Å². The van der Waals surface area contributed by atoms with E-state index < -0.39 is 0 Å². The zero-order valence-electron chi connectivity index (χ0n) is 11.8. The minimum Gasteiger partial charge on any atom is -0.508 e. The molecule has 0 fully saturated rings. The number of hydrogen-bond donors (Lipinski definition) is 3. The Morgan fingerprint density at radius 1 is 1.19 bits per heavy atom. The van der Waals surface area contributed by atoms with Gasteiger partial charge in [0.15, 0.2) is 0 Å². The molecular formula is C16H18N2O3. The molecule has 2 amide bonds. The Hall–Kier alpha value is -2.69. The van der Waals surface area contributed by atoms with Gasteiger partial charge in [-0.15, -0.1) is 0 Å². The monoisotopic (exact) mass is 286 g/mol. The van der Waals surface area contributed by atoms with Crippen molar-refractivity contribution in [3.05, 3.63) is 54.1 Å². The highest BCUT2D eigenvalue weighted by atomic mass is 16.5. The van der Waals surface area contributed by atoms with Crippen LogP contribution in [0.4, 0.5) is 10.5 Å². The van der Waals surface area contributed by atoms with Crippen molar-refractivity contribution in [2.75, 3.05) is 19.0 Å².